The Kier molecular flexibility index (Phi) is 4.94. The Morgan fingerprint density at radius 1 is 1.19 bits per heavy atom. The molecule has 0 amide bonds. The largest absolute Gasteiger partial charge is 0.433 e. The minimum absolute atomic E-state index is 0.0658. The molecule has 4 nitrogen and oxygen atoms in total. The molecule has 0 spiro atoms. The average Bonchev–Trinajstić information content (AvgIpc) is 2.37. The summed E-state index contributed by atoms with van der Waals surface area (Å²) in [6.45, 7) is -0.525. The summed E-state index contributed by atoms with van der Waals surface area (Å²) in [5.74, 6) is 0. The number of hydrogen-bond donors (Lipinski definition) is 2. The van der Waals surface area contributed by atoms with E-state index in [0.29, 0.717) is 6.07 Å². The first kappa shape index (κ1) is 17.0. The summed E-state index contributed by atoms with van der Waals surface area (Å²) in [5.41, 5.74) is 6.90. The zero-order chi connectivity index (χ0) is 16.3. The third-order valence-corrected chi connectivity index (χ3v) is 2.28. The maximum atomic E-state index is 12.4. The molecule has 1 aromatic heterocycles. The first-order valence-corrected chi connectivity index (χ1v) is 5.39. The molecule has 0 radical (unpaired) electrons. The molecule has 0 saturated heterocycles. The molecule has 21 heavy (non-hydrogen) atoms. The third-order valence-electron chi connectivity index (χ3n) is 2.28. The summed E-state index contributed by atoms with van der Waals surface area (Å²) in [6.07, 6.45) is -7.85. The van der Waals surface area contributed by atoms with Crippen LogP contribution >= 0.6 is 0 Å². The highest BCUT2D eigenvalue weighted by Gasteiger charge is 2.33. The summed E-state index contributed by atoms with van der Waals surface area (Å²) in [6, 6.07) is 1.62. The maximum Gasteiger partial charge on any atom is 0.433 e. The van der Waals surface area contributed by atoms with Crippen molar-refractivity contribution in [2.24, 2.45) is 16.5 Å². The van der Waals surface area contributed by atoms with Crippen molar-refractivity contribution in [2.45, 2.75) is 12.4 Å². The molecule has 0 saturated carbocycles. The van der Waals surface area contributed by atoms with E-state index >= 15 is 0 Å². The molecular formula is C11H10F6N4. The van der Waals surface area contributed by atoms with Crippen molar-refractivity contribution in [3.8, 4) is 0 Å². The van der Waals surface area contributed by atoms with Crippen LogP contribution in [0.5, 0.6) is 0 Å². The van der Waals surface area contributed by atoms with E-state index in [-0.39, 0.29) is 5.69 Å². The minimum atomic E-state index is -4.76. The van der Waals surface area contributed by atoms with Gasteiger partial charge in [0.05, 0.1) is 11.9 Å². The van der Waals surface area contributed by atoms with E-state index in [0.717, 1.165) is 18.5 Å². The van der Waals surface area contributed by atoms with Gasteiger partial charge in [0.25, 0.3) is 0 Å². The van der Waals surface area contributed by atoms with Gasteiger partial charge in [-0.25, -0.2) is 4.98 Å². The number of nitrogens with two attached hydrogens (primary N) is 2. The van der Waals surface area contributed by atoms with Gasteiger partial charge in [0.15, 0.2) is 0 Å². The second-order valence-electron chi connectivity index (χ2n) is 3.80. The summed E-state index contributed by atoms with van der Waals surface area (Å²) in [5, 5.41) is 0. The monoisotopic (exact) mass is 312 g/mol. The normalized spacial score (nSPS) is 14.4. The quantitative estimate of drug-likeness (QED) is 0.665. The van der Waals surface area contributed by atoms with Crippen LogP contribution in [-0.4, -0.2) is 23.9 Å². The van der Waals surface area contributed by atoms with Crippen LogP contribution in [0.2, 0.25) is 0 Å². The van der Waals surface area contributed by atoms with Crippen molar-refractivity contribution in [3.63, 3.8) is 0 Å². The SMILES string of the molecule is NCC(C=Nc1ccc(C(F)(F)F)nc1)=C(N)C(F)(F)F. The van der Waals surface area contributed by atoms with Crippen molar-refractivity contribution < 1.29 is 26.3 Å². The van der Waals surface area contributed by atoms with Gasteiger partial charge in [-0.1, -0.05) is 0 Å². The number of allylic oxidation sites excluding steroid dienone is 1. The van der Waals surface area contributed by atoms with Crippen LogP contribution in [0.3, 0.4) is 0 Å². The van der Waals surface area contributed by atoms with Gasteiger partial charge in [-0.2, -0.15) is 26.3 Å². The zero-order valence-electron chi connectivity index (χ0n) is 10.3. The van der Waals surface area contributed by atoms with E-state index in [1.165, 1.54) is 0 Å². The van der Waals surface area contributed by atoms with E-state index in [9.17, 15) is 26.3 Å². The van der Waals surface area contributed by atoms with E-state index in [1.807, 2.05) is 0 Å². The Morgan fingerprint density at radius 2 is 1.81 bits per heavy atom. The summed E-state index contributed by atoms with van der Waals surface area (Å²) in [4.78, 5) is 6.67. The fraction of sp³-hybridized carbons (Fsp3) is 0.273. The van der Waals surface area contributed by atoms with Gasteiger partial charge in [0.1, 0.15) is 11.4 Å². The Hall–Kier alpha value is -2.10. The van der Waals surface area contributed by atoms with Crippen molar-refractivity contribution in [3.05, 3.63) is 35.3 Å². The summed E-state index contributed by atoms with van der Waals surface area (Å²) in [7, 11) is 0. The minimum Gasteiger partial charge on any atom is -0.394 e. The second-order valence-corrected chi connectivity index (χ2v) is 3.80. The molecule has 10 heteroatoms. The average molecular weight is 312 g/mol. The first-order valence-electron chi connectivity index (χ1n) is 5.39. The standard InChI is InChI=1S/C11H10F6N4/c12-10(13,14)8-2-1-7(5-21-8)20-4-6(3-18)9(19)11(15,16)17/h1-2,4-5H,3,18-19H2. The Morgan fingerprint density at radius 3 is 2.19 bits per heavy atom. The van der Waals surface area contributed by atoms with E-state index < -0.39 is 35.9 Å². The fourth-order valence-corrected chi connectivity index (χ4v) is 1.20. The predicted molar refractivity (Wildman–Crippen MR) is 63.7 cm³/mol. The van der Waals surface area contributed by atoms with E-state index in [1.54, 1.807) is 0 Å². The first-order chi connectivity index (χ1) is 9.55. The molecule has 0 fully saturated rings. The van der Waals surface area contributed by atoms with Crippen molar-refractivity contribution in [1.82, 2.24) is 4.98 Å². The molecular weight excluding hydrogens is 302 g/mol. The van der Waals surface area contributed by atoms with Crippen LogP contribution in [0, 0.1) is 0 Å². The molecule has 1 aromatic rings. The molecule has 1 rings (SSSR count). The Balaban J connectivity index is 2.99. The molecule has 116 valence electrons. The summed E-state index contributed by atoms with van der Waals surface area (Å²) < 4.78 is 73.9. The van der Waals surface area contributed by atoms with Gasteiger partial charge in [-0.15, -0.1) is 0 Å². The molecule has 0 atom stereocenters. The smallest absolute Gasteiger partial charge is 0.394 e. The molecule has 1 heterocycles. The van der Waals surface area contributed by atoms with Crippen molar-refractivity contribution in [2.75, 3.05) is 6.54 Å². The number of halogens is 6. The number of aliphatic imine (C=N–C) groups is 1. The van der Waals surface area contributed by atoms with Crippen LogP contribution < -0.4 is 11.5 Å². The topological polar surface area (TPSA) is 77.3 Å². The number of aromatic nitrogens is 1. The van der Waals surface area contributed by atoms with Gasteiger partial charge in [-0.3, -0.25) is 4.99 Å². The lowest BCUT2D eigenvalue weighted by Crippen LogP contribution is -2.25. The fourth-order valence-electron chi connectivity index (χ4n) is 1.20. The maximum absolute atomic E-state index is 12.4. The van der Waals surface area contributed by atoms with Crippen LogP contribution in [0.25, 0.3) is 0 Å². The lowest BCUT2D eigenvalue weighted by molar-refractivity contribution is -0.141. The highest BCUT2D eigenvalue weighted by molar-refractivity contribution is 5.82. The highest BCUT2D eigenvalue weighted by Crippen LogP contribution is 2.28. The molecule has 0 bridgehead atoms. The highest BCUT2D eigenvalue weighted by atomic mass is 19.4. The van der Waals surface area contributed by atoms with Crippen molar-refractivity contribution in [1.29, 1.82) is 0 Å². The van der Waals surface area contributed by atoms with Gasteiger partial charge < -0.3 is 11.5 Å². The van der Waals surface area contributed by atoms with Crippen molar-refractivity contribution >= 4 is 11.9 Å². The lowest BCUT2D eigenvalue weighted by atomic mass is 10.2. The molecule has 0 aromatic carbocycles. The number of hydrogen-bond acceptors (Lipinski definition) is 4. The van der Waals surface area contributed by atoms with Crippen LogP contribution in [-0.2, 0) is 6.18 Å². The van der Waals surface area contributed by atoms with Crippen LogP contribution in [0.1, 0.15) is 5.69 Å². The number of pyridine rings is 1. The lowest BCUT2D eigenvalue weighted by Gasteiger charge is -2.09. The van der Waals surface area contributed by atoms with E-state index in [2.05, 4.69) is 9.98 Å². The Bertz CT molecular complexity index is 541. The van der Waals surface area contributed by atoms with Crippen LogP contribution in [0.4, 0.5) is 32.0 Å². The summed E-state index contributed by atoms with van der Waals surface area (Å²) >= 11 is 0. The number of nitrogens with zero attached hydrogens (tertiary/aromatic N) is 2. The molecule has 4 N–H and O–H groups in total. The van der Waals surface area contributed by atoms with Gasteiger partial charge in [0, 0.05) is 18.3 Å². The van der Waals surface area contributed by atoms with E-state index in [4.69, 9.17) is 11.5 Å². The predicted octanol–water partition coefficient (Wildman–Crippen LogP) is 2.54. The number of rotatable bonds is 3. The zero-order valence-corrected chi connectivity index (χ0v) is 10.3. The van der Waals surface area contributed by atoms with Gasteiger partial charge in [0.2, 0.25) is 0 Å². The Labute approximate surface area is 115 Å². The van der Waals surface area contributed by atoms with Gasteiger partial charge >= 0.3 is 12.4 Å². The third kappa shape index (κ3) is 4.74. The second kappa shape index (κ2) is 6.12. The molecule has 0 aliphatic heterocycles. The molecule has 0 unspecified atom stereocenters. The molecule has 0 aliphatic carbocycles. The number of alkyl halides is 6. The van der Waals surface area contributed by atoms with Crippen LogP contribution in [0.15, 0.2) is 34.6 Å². The molecule has 0 aliphatic rings. The van der Waals surface area contributed by atoms with Gasteiger partial charge in [-0.05, 0) is 12.1 Å².